The Morgan fingerprint density at radius 1 is 1.00 bits per heavy atom. The van der Waals surface area contributed by atoms with Gasteiger partial charge < -0.3 is 10.1 Å². The zero-order chi connectivity index (χ0) is 24.0. The summed E-state index contributed by atoms with van der Waals surface area (Å²) in [5, 5.41) is 3.40. The lowest BCUT2D eigenvalue weighted by atomic mass is 10.1. The van der Waals surface area contributed by atoms with Gasteiger partial charge in [-0.15, -0.1) is 0 Å². The maximum Gasteiger partial charge on any atom is 0.242 e. The summed E-state index contributed by atoms with van der Waals surface area (Å²) in [6.07, 6.45) is 0.149. The molecule has 6 nitrogen and oxygen atoms in total. The maximum atomic E-state index is 13.1. The quantitative estimate of drug-likeness (QED) is 0.416. The van der Waals surface area contributed by atoms with Crippen LogP contribution in [-0.2, 0) is 21.2 Å². The van der Waals surface area contributed by atoms with E-state index in [1.807, 2.05) is 37.3 Å². The van der Waals surface area contributed by atoms with E-state index in [2.05, 4.69) is 10.0 Å². The molecule has 0 heterocycles. The lowest BCUT2D eigenvalue weighted by molar-refractivity contribution is -0.117. The molecule has 0 bridgehead atoms. The Labute approximate surface area is 203 Å². The summed E-state index contributed by atoms with van der Waals surface area (Å²) in [4.78, 5) is 13.2. The molecular weight excluding hydrogens is 483 g/mol. The largest absolute Gasteiger partial charge is 0.494 e. The van der Waals surface area contributed by atoms with Gasteiger partial charge >= 0.3 is 0 Å². The molecule has 0 aromatic heterocycles. The Balaban J connectivity index is 1.88. The van der Waals surface area contributed by atoms with E-state index in [1.54, 1.807) is 13.0 Å². The van der Waals surface area contributed by atoms with Gasteiger partial charge in [-0.1, -0.05) is 53.5 Å². The fourth-order valence-corrected chi connectivity index (χ4v) is 5.06. The third-order valence-corrected chi connectivity index (χ3v) is 6.69. The molecule has 0 fully saturated rings. The van der Waals surface area contributed by atoms with E-state index >= 15 is 0 Å². The number of anilines is 1. The van der Waals surface area contributed by atoms with Crippen LogP contribution in [-0.4, -0.2) is 27.0 Å². The number of rotatable bonds is 9. The third-order valence-electron chi connectivity index (χ3n) is 4.78. The van der Waals surface area contributed by atoms with Gasteiger partial charge in [0.1, 0.15) is 11.8 Å². The maximum absolute atomic E-state index is 13.1. The fraction of sp³-hybridized carbons (Fsp3) is 0.208. The first-order valence-corrected chi connectivity index (χ1v) is 12.5. The van der Waals surface area contributed by atoms with Crippen molar-refractivity contribution in [3.63, 3.8) is 0 Å². The van der Waals surface area contributed by atoms with Gasteiger partial charge in [0.25, 0.3) is 0 Å². The topological polar surface area (TPSA) is 84.5 Å². The van der Waals surface area contributed by atoms with Crippen LogP contribution in [0.1, 0.15) is 18.1 Å². The highest BCUT2D eigenvalue weighted by Crippen LogP contribution is 2.24. The molecular formula is C24H24Cl2N2O4S. The van der Waals surface area contributed by atoms with Crippen LogP contribution in [0.4, 0.5) is 5.69 Å². The molecule has 0 spiro atoms. The van der Waals surface area contributed by atoms with E-state index in [1.165, 1.54) is 30.3 Å². The number of aryl methyl sites for hydroxylation is 1. The van der Waals surface area contributed by atoms with Gasteiger partial charge in [-0.3, -0.25) is 4.79 Å². The van der Waals surface area contributed by atoms with E-state index in [-0.39, 0.29) is 11.3 Å². The molecule has 0 saturated heterocycles. The van der Waals surface area contributed by atoms with Crippen molar-refractivity contribution < 1.29 is 17.9 Å². The number of carbonyl (C=O) groups is 1. The molecule has 0 aliphatic carbocycles. The number of hydrogen-bond donors (Lipinski definition) is 2. The van der Waals surface area contributed by atoms with E-state index in [0.29, 0.717) is 33.7 Å². The molecule has 0 aliphatic rings. The number of ether oxygens (including phenoxy) is 1. The molecule has 3 aromatic carbocycles. The average molecular weight is 507 g/mol. The van der Waals surface area contributed by atoms with Gasteiger partial charge in [0.05, 0.1) is 11.5 Å². The van der Waals surface area contributed by atoms with Gasteiger partial charge in [-0.25, -0.2) is 8.42 Å². The Hall–Kier alpha value is -2.58. The number of hydrogen-bond acceptors (Lipinski definition) is 4. The number of benzene rings is 3. The summed E-state index contributed by atoms with van der Waals surface area (Å²) >= 11 is 12.0. The highest BCUT2D eigenvalue weighted by Gasteiger charge is 2.27. The van der Waals surface area contributed by atoms with Crippen LogP contribution in [0.5, 0.6) is 5.75 Å². The van der Waals surface area contributed by atoms with Gasteiger partial charge in [-0.05, 0) is 67.8 Å². The second-order valence-corrected chi connectivity index (χ2v) is 9.96. The van der Waals surface area contributed by atoms with Gasteiger partial charge in [0, 0.05) is 15.7 Å². The standard InChI is InChI=1S/C24H24Cl2N2O4S/c1-3-32-23-10-9-21(11-16(23)2)33(30,31)28-22(12-17-7-5-4-6-8-17)24(29)27-20-14-18(25)13-19(26)15-20/h4-11,13-15,22,28H,3,12H2,1-2H3,(H,27,29)/t22-/m0/s1. The summed E-state index contributed by atoms with van der Waals surface area (Å²) in [5.74, 6) is 0.0660. The predicted octanol–water partition coefficient (Wildman–Crippen LogP) is 5.23. The van der Waals surface area contributed by atoms with E-state index < -0.39 is 22.0 Å². The van der Waals surface area contributed by atoms with Crippen molar-refractivity contribution in [1.82, 2.24) is 4.72 Å². The van der Waals surface area contributed by atoms with Crippen LogP contribution in [0.15, 0.2) is 71.6 Å². The van der Waals surface area contributed by atoms with Crippen LogP contribution in [0.25, 0.3) is 0 Å². The zero-order valence-corrected chi connectivity index (χ0v) is 20.5. The van der Waals surface area contributed by atoms with E-state index in [4.69, 9.17) is 27.9 Å². The Morgan fingerprint density at radius 3 is 2.27 bits per heavy atom. The van der Waals surface area contributed by atoms with Crippen LogP contribution >= 0.6 is 23.2 Å². The number of halogens is 2. The van der Waals surface area contributed by atoms with E-state index in [0.717, 1.165) is 5.56 Å². The normalized spacial score (nSPS) is 12.2. The highest BCUT2D eigenvalue weighted by molar-refractivity contribution is 7.89. The molecule has 0 saturated carbocycles. The van der Waals surface area contributed by atoms with Crippen LogP contribution in [0.3, 0.4) is 0 Å². The first-order chi connectivity index (χ1) is 15.7. The van der Waals surface area contributed by atoms with Crippen molar-refractivity contribution >= 4 is 44.8 Å². The third kappa shape index (κ3) is 6.95. The monoisotopic (exact) mass is 506 g/mol. The van der Waals surface area contributed by atoms with Crippen molar-refractivity contribution in [1.29, 1.82) is 0 Å². The number of amides is 1. The zero-order valence-electron chi connectivity index (χ0n) is 18.1. The average Bonchev–Trinajstić information content (AvgIpc) is 2.74. The summed E-state index contributed by atoms with van der Waals surface area (Å²) in [6, 6.07) is 17.3. The molecule has 0 aliphatic heterocycles. The van der Waals surface area contributed by atoms with Gasteiger partial charge in [-0.2, -0.15) is 4.72 Å². The Morgan fingerprint density at radius 2 is 1.67 bits per heavy atom. The molecule has 174 valence electrons. The number of sulfonamides is 1. The minimum absolute atomic E-state index is 0.0418. The summed E-state index contributed by atoms with van der Waals surface area (Å²) in [7, 11) is -4.01. The van der Waals surface area contributed by atoms with Crippen molar-refractivity contribution in [2.45, 2.75) is 31.2 Å². The fourth-order valence-electron chi connectivity index (χ4n) is 3.25. The molecule has 3 aromatic rings. The van der Waals surface area contributed by atoms with Gasteiger partial charge in [0.2, 0.25) is 15.9 Å². The molecule has 9 heteroatoms. The Bertz CT molecular complexity index is 1210. The summed E-state index contributed by atoms with van der Waals surface area (Å²) in [5.41, 5.74) is 1.84. The second-order valence-electron chi connectivity index (χ2n) is 7.37. The summed E-state index contributed by atoms with van der Waals surface area (Å²) in [6.45, 7) is 4.09. The molecule has 1 atom stereocenters. The van der Waals surface area contributed by atoms with Crippen LogP contribution in [0.2, 0.25) is 10.0 Å². The van der Waals surface area contributed by atoms with Crippen LogP contribution < -0.4 is 14.8 Å². The van der Waals surface area contributed by atoms with Crippen molar-refractivity contribution in [2.75, 3.05) is 11.9 Å². The molecule has 3 rings (SSSR count). The second kappa shape index (κ2) is 11.0. The molecule has 33 heavy (non-hydrogen) atoms. The first kappa shape index (κ1) is 25.1. The minimum Gasteiger partial charge on any atom is -0.494 e. The van der Waals surface area contributed by atoms with E-state index in [9.17, 15) is 13.2 Å². The highest BCUT2D eigenvalue weighted by atomic mass is 35.5. The molecule has 0 unspecified atom stereocenters. The van der Waals surface area contributed by atoms with Crippen LogP contribution in [0, 0.1) is 6.92 Å². The van der Waals surface area contributed by atoms with Crippen molar-refractivity contribution in [3.05, 3.63) is 87.9 Å². The van der Waals surface area contributed by atoms with Crippen molar-refractivity contribution in [3.8, 4) is 5.75 Å². The SMILES string of the molecule is CCOc1ccc(S(=O)(=O)N[C@@H](Cc2ccccc2)C(=O)Nc2cc(Cl)cc(Cl)c2)cc1C. The number of nitrogens with one attached hydrogen (secondary N) is 2. The lowest BCUT2D eigenvalue weighted by Crippen LogP contribution is -2.45. The van der Waals surface area contributed by atoms with Gasteiger partial charge in [0.15, 0.2) is 0 Å². The molecule has 1 amide bonds. The van der Waals surface area contributed by atoms with Crippen molar-refractivity contribution in [2.24, 2.45) is 0 Å². The lowest BCUT2D eigenvalue weighted by Gasteiger charge is -2.19. The summed E-state index contributed by atoms with van der Waals surface area (Å²) < 4.78 is 34.3. The minimum atomic E-state index is -4.01. The first-order valence-electron chi connectivity index (χ1n) is 10.2. The number of carbonyl (C=O) groups excluding carboxylic acids is 1. The molecule has 2 N–H and O–H groups in total. The Kier molecular flexibility index (Phi) is 8.37. The predicted molar refractivity (Wildman–Crippen MR) is 132 cm³/mol. The smallest absolute Gasteiger partial charge is 0.242 e. The molecule has 0 radical (unpaired) electrons.